The number of H-pyrrole nitrogens is 1. The molecular formula is C41H43Cl2F2N3O10S. The maximum absolute atomic E-state index is 14.2. The molecule has 0 amide bonds. The van der Waals surface area contributed by atoms with Gasteiger partial charge >= 0.3 is 18.6 Å². The second-order valence-corrected chi connectivity index (χ2v) is 17.0. The highest BCUT2D eigenvalue weighted by molar-refractivity contribution is 7.89. The van der Waals surface area contributed by atoms with Crippen LogP contribution in [0.1, 0.15) is 64.9 Å². The van der Waals surface area contributed by atoms with Crippen LogP contribution in [0, 0.1) is 11.8 Å². The van der Waals surface area contributed by atoms with Gasteiger partial charge < -0.3 is 29.2 Å². The van der Waals surface area contributed by atoms with Gasteiger partial charge in [-0.1, -0.05) is 59.6 Å². The van der Waals surface area contributed by atoms with Crippen molar-refractivity contribution in [3.8, 4) is 17.2 Å². The molecule has 0 spiro atoms. The van der Waals surface area contributed by atoms with E-state index in [0.717, 1.165) is 44.8 Å². The number of nitrogens with zero attached hydrogens (tertiary/aromatic N) is 1. The molecule has 4 aliphatic rings. The summed E-state index contributed by atoms with van der Waals surface area (Å²) in [7, 11) is -3.32. The SMILES string of the molecule is COc1ccc(C(=O)O[C@@H](Cc2c(Cl)c[nH+]cc2Cl)c2ccc(OC(F)F)c(OCC3CC3)c2)cc1S(=O)(=O)NC(C(=O)O[C@H]1CN2CCC1CC2)c1ccccc1.[OH-]. The molecule has 0 radical (unpaired) electrons. The number of alkyl halides is 2. The van der Waals surface area contributed by atoms with Crippen molar-refractivity contribution in [2.24, 2.45) is 11.8 Å². The molecule has 316 valence electrons. The summed E-state index contributed by atoms with van der Waals surface area (Å²) in [6, 6.07) is 14.8. The fourth-order valence-electron chi connectivity index (χ4n) is 7.20. The Hall–Kier alpha value is -4.58. The number of ether oxygens (including phenoxy) is 5. The number of carbonyl (C=O) groups is 2. The van der Waals surface area contributed by atoms with Crippen molar-refractivity contribution >= 4 is 45.2 Å². The predicted octanol–water partition coefficient (Wildman–Crippen LogP) is 6.83. The van der Waals surface area contributed by atoms with E-state index >= 15 is 0 Å². The number of pyridine rings is 1. The molecule has 3 N–H and O–H groups in total. The van der Waals surface area contributed by atoms with E-state index in [0.29, 0.717) is 23.2 Å². The zero-order valence-corrected chi connectivity index (χ0v) is 34.2. The third-order valence-corrected chi connectivity index (χ3v) is 12.7. The second kappa shape index (κ2) is 19.2. The molecule has 1 aliphatic carbocycles. The number of esters is 2. The number of aromatic amines is 1. The van der Waals surface area contributed by atoms with Crippen LogP contribution < -0.4 is 23.9 Å². The topological polar surface area (TPSA) is 174 Å². The van der Waals surface area contributed by atoms with Crippen LogP contribution in [0.15, 0.2) is 84.0 Å². The fourth-order valence-corrected chi connectivity index (χ4v) is 9.10. The first kappa shape index (κ1) is 44.0. The minimum Gasteiger partial charge on any atom is -0.870 e. The molecule has 3 atom stereocenters. The first-order valence-corrected chi connectivity index (χ1v) is 21.1. The number of aromatic nitrogens is 1. The lowest BCUT2D eigenvalue weighted by atomic mass is 9.86. The molecule has 4 fully saturated rings. The summed E-state index contributed by atoms with van der Waals surface area (Å²) in [6.07, 6.45) is 5.06. The predicted molar refractivity (Wildman–Crippen MR) is 210 cm³/mol. The van der Waals surface area contributed by atoms with Crippen LogP contribution in [0.2, 0.25) is 10.0 Å². The summed E-state index contributed by atoms with van der Waals surface area (Å²) in [5.41, 5.74) is 0.915. The van der Waals surface area contributed by atoms with Gasteiger partial charge in [-0.15, -0.1) is 0 Å². The van der Waals surface area contributed by atoms with Crippen LogP contribution in [-0.2, 0) is 30.7 Å². The van der Waals surface area contributed by atoms with Crippen LogP contribution in [0.3, 0.4) is 0 Å². The minimum atomic E-state index is -4.60. The van der Waals surface area contributed by atoms with Crippen LogP contribution in [-0.4, -0.2) is 76.8 Å². The van der Waals surface area contributed by atoms with Gasteiger partial charge in [0.15, 0.2) is 23.9 Å². The van der Waals surface area contributed by atoms with Gasteiger partial charge in [0.25, 0.3) is 0 Å². The fraction of sp³-hybridized carbons (Fsp3) is 0.390. The molecule has 2 bridgehead atoms. The maximum atomic E-state index is 14.2. The Labute approximate surface area is 350 Å². The maximum Gasteiger partial charge on any atom is 0.387 e. The van der Waals surface area contributed by atoms with E-state index in [9.17, 15) is 26.8 Å². The van der Waals surface area contributed by atoms with Gasteiger partial charge in [0, 0.05) is 18.5 Å². The first-order valence-electron chi connectivity index (χ1n) is 18.8. The first-order chi connectivity index (χ1) is 27.9. The summed E-state index contributed by atoms with van der Waals surface area (Å²) in [5.74, 6) is -1.53. The smallest absolute Gasteiger partial charge is 0.387 e. The second-order valence-electron chi connectivity index (χ2n) is 14.5. The number of fused-ring (bicyclic) bond motifs is 3. The molecule has 8 rings (SSSR count). The summed E-state index contributed by atoms with van der Waals surface area (Å²) < 4.78 is 85.7. The standard InChI is InChI=1S/C41H41Cl2F2N3O9S.H2O/c1-53-33-12-10-28(18-37(33)58(51,52)47-38(26-5-3-2-4-6-26)40(50)56-36-22-48-15-13-25(36)14-16-48)39(49)55-34(19-29-30(42)20-46-21-31(29)43)27-9-11-32(57-41(44)45)35(17-27)54-23-24-7-8-24;/h2-6,9-12,17-18,20-21,24-25,34,36,38,41,47H,7-8,13-16,19,22-23H2,1H3;1H2/t34-,36-,38?;/m0./s1. The van der Waals surface area contributed by atoms with Crippen LogP contribution in [0.5, 0.6) is 17.2 Å². The number of hydrogen-bond donors (Lipinski definition) is 1. The number of benzene rings is 3. The number of rotatable bonds is 17. The number of carbonyl (C=O) groups excluding carboxylic acids is 2. The van der Waals surface area contributed by atoms with Crippen molar-refractivity contribution in [2.75, 3.05) is 33.4 Å². The number of halogens is 4. The van der Waals surface area contributed by atoms with Gasteiger partial charge in [0.1, 0.15) is 38.9 Å². The van der Waals surface area contributed by atoms with E-state index in [1.165, 1.54) is 49.8 Å². The summed E-state index contributed by atoms with van der Waals surface area (Å²) >= 11 is 13.0. The quantitative estimate of drug-likeness (QED) is 0.110. The molecule has 3 saturated heterocycles. The number of nitrogens with one attached hydrogen (secondary N) is 2. The zero-order valence-electron chi connectivity index (χ0n) is 31.8. The zero-order chi connectivity index (χ0) is 41.0. The van der Waals surface area contributed by atoms with E-state index in [-0.39, 0.29) is 69.3 Å². The number of sulfonamides is 1. The number of piperidine rings is 3. The molecule has 3 aliphatic heterocycles. The van der Waals surface area contributed by atoms with E-state index < -0.39 is 45.6 Å². The van der Waals surface area contributed by atoms with Crippen molar-refractivity contribution < 1.29 is 60.9 Å². The Morgan fingerprint density at radius 2 is 1.61 bits per heavy atom. The third-order valence-electron chi connectivity index (χ3n) is 10.6. The lowest BCUT2D eigenvalue weighted by Crippen LogP contribution is -2.52. The van der Waals surface area contributed by atoms with Gasteiger partial charge in [-0.3, -0.25) is 4.90 Å². The van der Waals surface area contributed by atoms with Crippen molar-refractivity contribution in [1.82, 2.24) is 9.62 Å². The van der Waals surface area contributed by atoms with Gasteiger partial charge in [0.05, 0.1) is 19.3 Å². The highest BCUT2D eigenvalue weighted by atomic mass is 35.5. The molecule has 1 unspecified atom stereocenters. The van der Waals surface area contributed by atoms with Crippen LogP contribution in [0.4, 0.5) is 8.78 Å². The lowest BCUT2D eigenvalue weighted by molar-refractivity contribution is -0.377. The molecule has 13 nitrogen and oxygen atoms in total. The van der Waals surface area contributed by atoms with Crippen molar-refractivity contribution in [2.45, 2.75) is 61.9 Å². The van der Waals surface area contributed by atoms with Crippen molar-refractivity contribution in [3.05, 3.63) is 111 Å². The third kappa shape index (κ3) is 10.8. The average Bonchev–Trinajstić information content (AvgIpc) is 4.05. The Bertz CT molecular complexity index is 2210. The van der Waals surface area contributed by atoms with Gasteiger partial charge in [-0.2, -0.15) is 13.5 Å². The number of hydrogen-bond acceptors (Lipinski definition) is 11. The van der Waals surface area contributed by atoms with E-state index in [1.54, 1.807) is 30.3 Å². The van der Waals surface area contributed by atoms with Gasteiger partial charge in [0.2, 0.25) is 10.0 Å². The Kier molecular flexibility index (Phi) is 14.3. The van der Waals surface area contributed by atoms with Gasteiger partial charge in [-0.05, 0) is 92.1 Å². The van der Waals surface area contributed by atoms with Crippen molar-refractivity contribution in [1.29, 1.82) is 0 Å². The Balaban J connectivity index is 0.00000585. The van der Waals surface area contributed by atoms with Crippen LogP contribution in [0.25, 0.3) is 0 Å². The molecule has 59 heavy (non-hydrogen) atoms. The summed E-state index contributed by atoms with van der Waals surface area (Å²) in [4.78, 5) is 32.5. The average molecular weight is 879 g/mol. The molecule has 3 aromatic carbocycles. The highest BCUT2D eigenvalue weighted by Gasteiger charge is 2.39. The van der Waals surface area contributed by atoms with Crippen molar-refractivity contribution in [3.63, 3.8) is 0 Å². The Morgan fingerprint density at radius 3 is 2.24 bits per heavy atom. The van der Waals surface area contributed by atoms with E-state index in [4.69, 9.17) is 46.9 Å². The summed E-state index contributed by atoms with van der Waals surface area (Å²) in [6.45, 7) is -0.406. The largest absolute Gasteiger partial charge is 0.870 e. The molecular weight excluding hydrogens is 835 g/mol. The minimum absolute atomic E-state index is 0. The normalized spacial score (nSPS) is 19.6. The summed E-state index contributed by atoms with van der Waals surface area (Å²) in [5, 5.41) is 0.473. The van der Waals surface area contributed by atoms with Crippen LogP contribution >= 0.6 is 23.2 Å². The molecule has 1 aromatic heterocycles. The lowest BCUT2D eigenvalue weighted by Gasteiger charge is -2.44. The monoisotopic (exact) mass is 877 g/mol. The highest BCUT2D eigenvalue weighted by Crippen LogP contribution is 2.39. The molecule has 1 saturated carbocycles. The number of methoxy groups -OCH3 is 1. The van der Waals surface area contributed by atoms with Gasteiger partial charge in [-0.25, -0.2) is 23.0 Å². The molecule has 18 heteroatoms. The Morgan fingerprint density at radius 1 is 0.915 bits per heavy atom. The van der Waals surface area contributed by atoms with E-state index in [2.05, 4.69) is 14.6 Å². The molecule has 4 aromatic rings. The molecule has 4 heterocycles. The van der Waals surface area contributed by atoms with E-state index in [1.807, 2.05) is 0 Å².